The van der Waals surface area contributed by atoms with Crippen LogP contribution in [0.5, 0.6) is 5.75 Å². The number of benzene rings is 2. The Hall–Kier alpha value is -2.90. The summed E-state index contributed by atoms with van der Waals surface area (Å²) in [6.07, 6.45) is 2.26. The van der Waals surface area contributed by atoms with E-state index in [1.54, 1.807) is 7.11 Å². The highest BCUT2D eigenvalue weighted by Crippen LogP contribution is 2.46. The molecule has 0 aromatic heterocycles. The summed E-state index contributed by atoms with van der Waals surface area (Å²) in [6.45, 7) is 13.6. The van der Waals surface area contributed by atoms with Crippen molar-refractivity contribution >= 4 is 11.9 Å². The summed E-state index contributed by atoms with van der Waals surface area (Å²) in [6, 6.07) is 15.6. The van der Waals surface area contributed by atoms with Gasteiger partial charge in [-0.05, 0) is 56.0 Å². The van der Waals surface area contributed by atoms with E-state index in [4.69, 9.17) is 9.47 Å². The molecule has 1 heterocycles. The van der Waals surface area contributed by atoms with Gasteiger partial charge in [0.05, 0.1) is 12.6 Å². The van der Waals surface area contributed by atoms with Gasteiger partial charge in [-0.2, -0.15) is 0 Å². The lowest BCUT2D eigenvalue weighted by Gasteiger charge is -2.53. The number of carbonyl (C=O) groups is 2. The lowest BCUT2D eigenvalue weighted by atomic mass is 9.72. The van der Waals surface area contributed by atoms with E-state index < -0.39 is 17.7 Å². The third-order valence-corrected chi connectivity index (χ3v) is 7.82. The van der Waals surface area contributed by atoms with E-state index in [9.17, 15) is 9.59 Å². The Morgan fingerprint density at radius 1 is 1.05 bits per heavy atom. The topological polar surface area (TPSA) is 71.1 Å². The molecule has 2 aromatic carbocycles. The smallest absolute Gasteiger partial charge is 0.327 e. The Morgan fingerprint density at radius 3 is 2.26 bits per heavy atom. The van der Waals surface area contributed by atoms with Crippen LogP contribution in [-0.2, 0) is 16.1 Å². The second kappa shape index (κ2) is 13.8. The first kappa shape index (κ1) is 29.7. The number of β-lactam (4-membered cyclic amide) rings is 1. The molecule has 0 unspecified atom stereocenters. The van der Waals surface area contributed by atoms with Crippen LogP contribution in [0.3, 0.4) is 0 Å². The molecule has 0 radical (unpaired) electrons. The summed E-state index contributed by atoms with van der Waals surface area (Å²) in [5.74, 6) is 0.483. The van der Waals surface area contributed by atoms with Crippen molar-refractivity contribution in [2.24, 2.45) is 5.41 Å². The average molecular weight is 524 g/mol. The van der Waals surface area contributed by atoms with E-state index in [2.05, 4.69) is 24.1 Å². The molecular weight excluding hydrogens is 478 g/mol. The van der Waals surface area contributed by atoms with Crippen molar-refractivity contribution in [2.45, 2.75) is 79.1 Å². The number of likely N-dealkylation sites (tertiary alicyclic amines) is 1. The number of hydrogen-bond acceptors (Lipinski definition) is 5. The van der Waals surface area contributed by atoms with Gasteiger partial charge in [0.25, 0.3) is 0 Å². The minimum Gasteiger partial charge on any atom is -0.469 e. The standard InChI is InChI=1S/C31H45N3O4/c1-7-11-27(25-16-12-23(5)13-17-25)32-30(36)34-28(35)31(8-2,9-3)29(34)38-26-18-14-24(15-19-26)22-33(10-4)20-21-37-6/h12-19,27,29H,7-11,20-22H2,1-6H3,(H,32,36)/t27-,29+/m1/s1. The number of hydrogen-bond donors (Lipinski definition) is 1. The maximum atomic E-state index is 13.5. The van der Waals surface area contributed by atoms with Crippen LogP contribution in [-0.4, -0.2) is 54.8 Å². The number of methoxy groups -OCH3 is 1. The molecule has 0 aliphatic carbocycles. The number of aryl methyl sites for hydroxylation is 1. The van der Waals surface area contributed by atoms with Crippen molar-refractivity contribution in [2.75, 3.05) is 26.8 Å². The Bertz CT molecular complexity index is 1030. The zero-order valence-electron chi connectivity index (χ0n) is 24.0. The lowest BCUT2D eigenvalue weighted by molar-refractivity contribution is -0.191. The minimum atomic E-state index is -0.709. The molecule has 7 nitrogen and oxygen atoms in total. The number of urea groups is 1. The van der Waals surface area contributed by atoms with Gasteiger partial charge in [-0.15, -0.1) is 0 Å². The Balaban J connectivity index is 1.76. The molecule has 0 bridgehead atoms. The second-order valence-electron chi connectivity index (χ2n) is 10.2. The van der Waals surface area contributed by atoms with Crippen LogP contribution < -0.4 is 10.1 Å². The van der Waals surface area contributed by atoms with Crippen LogP contribution >= 0.6 is 0 Å². The summed E-state index contributed by atoms with van der Waals surface area (Å²) in [4.78, 5) is 30.4. The molecular formula is C31H45N3O4. The number of amides is 3. The lowest BCUT2D eigenvalue weighted by Crippen LogP contribution is -2.73. The van der Waals surface area contributed by atoms with E-state index in [1.165, 1.54) is 16.0 Å². The third kappa shape index (κ3) is 6.56. The minimum absolute atomic E-state index is 0.168. The summed E-state index contributed by atoms with van der Waals surface area (Å²) in [5, 5.41) is 3.11. The Morgan fingerprint density at radius 2 is 1.71 bits per heavy atom. The molecule has 7 heteroatoms. The molecule has 38 heavy (non-hydrogen) atoms. The summed E-state index contributed by atoms with van der Waals surface area (Å²) >= 11 is 0. The van der Waals surface area contributed by atoms with Gasteiger partial charge in [0.2, 0.25) is 5.91 Å². The van der Waals surface area contributed by atoms with E-state index in [1.807, 2.05) is 69.3 Å². The van der Waals surface area contributed by atoms with E-state index in [-0.39, 0.29) is 11.9 Å². The zero-order valence-corrected chi connectivity index (χ0v) is 24.0. The van der Waals surface area contributed by atoms with Gasteiger partial charge in [-0.3, -0.25) is 9.69 Å². The maximum absolute atomic E-state index is 13.5. The normalized spacial score (nSPS) is 17.3. The number of carbonyl (C=O) groups excluding carboxylic acids is 2. The summed E-state index contributed by atoms with van der Waals surface area (Å²) in [5.41, 5.74) is 2.67. The number of nitrogens with one attached hydrogen (secondary N) is 1. The number of imide groups is 1. The van der Waals surface area contributed by atoms with Crippen molar-refractivity contribution in [1.29, 1.82) is 0 Å². The fraction of sp³-hybridized carbons (Fsp3) is 0.548. The molecule has 3 rings (SSSR count). The summed E-state index contributed by atoms with van der Waals surface area (Å²) < 4.78 is 11.6. The highest BCUT2D eigenvalue weighted by molar-refractivity contribution is 6.03. The fourth-order valence-electron chi connectivity index (χ4n) is 5.16. The largest absolute Gasteiger partial charge is 0.469 e. The molecule has 2 atom stereocenters. The van der Waals surface area contributed by atoms with Gasteiger partial charge in [-0.1, -0.05) is 76.1 Å². The highest BCUT2D eigenvalue weighted by Gasteiger charge is 2.63. The quantitative estimate of drug-likeness (QED) is 0.305. The number of likely N-dealkylation sites (N-methyl/N-ethyl adjacent to an activating group) is 1. The first-order valence-electron chi connectivity index (χ1n) is 14.0. The highest BCUT2D eigenvalue weighted by atomic mass is 16.5. The molecule has 3 amide bonds. The predicted octanol–water partition coefficient (Wildman–Crippen LogP) is 6.07. The van der Waals surface area contributed by atoms with Crippen LogP contribution in [0.4, 0.5) is 4.79 Å². The first-order chi connectivity index (χ1) is 18.3. The number of nitrogens with zero attached hydrogens (tertiary/aromatic N) is 2. The monoisotopic (exact) mass is 523 g/mol. The predicted molar refractivity (Wildman–Crippen MR) is 151 cm³/mol. The van der Waals surface area contributed by atoms with Crippen molar-refractivity contribution in [3.63, 3.8) is 0 Å². The molecule has 208 valence electrons. The van der Waals surface area contributed by atoms with E-state index >= 15 is 0 Å². The van der Waals surface area contributed by atoms with Crippen LogP contribution in [0.15, 0.2) is 48.5 Å². The Kier molecular flexibility index (Phi) is 10.7. The third-order valence-electron chi connectivity index (χ3n) is 7.82. The second-order valence-corrected chi connectivity index (χ2v) is 10.2. The van der Waals surface area contributed by atoms with Gasteiger partial charge < -0.3 is 14.8 Å². The molecule has 0 saturated carbocycles. The molecule has 2 aromatic rings. The van der Waals surface area contributed by atoms with E-state index in [0.717, 1.165) is 38.0 Å². The maximum Gasteiger partial charge on any atom is 0.327 e. The number of rotatable bonds is 14. The SMILES string of the molecule is CCC[C@@H](NC(=O)N1C(=O)C(CC)(CC)[C@@H]1Oc1ccc(CN(CC)CCOC)cc1)c1ccc(C)cc1. The molecule has 1 N–H and O–H groups in total. The average Bonchev–Trinajstić information content (AvgIpc) is 2.92. The van der Waals surface area contributed by atoms with Crippen LogP contribution in [0, 0.1) is 12.3 Å². The van der Waals surface area contributed by atoms with Gasteiger partial charge in [0.1, 0.15) is 11.2 Å². The van der Waals surface area contributed by atoms with Crippen molar-refractivity contribution in [1.82, 2.24) is 15.1 Å². The summed E-state index contributed by atoms with van der Waals surface area (Å²) in [7, 11) is 1.72. The van der Waals surface area contributed by atoms with Crippen molar-refractivity contribution < 1.29 is 19.1 Å². The molecule has 0 spiro atoms. The Labute approximate surface area is 228 Å². The van der Waals surface area contributed by atoms with Crippen LogP contribution in [0.2, 0.25) is 0 Å². The molecule has 1 aliphatic rings. The first-order valence-corrected chi connectivity index (χ1v) is 14.0. The van der Waals surface area contributed by atoms with Gasteiger partial charge in [0.15, 0.2) is 6.23 Å². The van der Waals surface area contributed by atoms with Crippen molar-refractivity contribution in [3.05, 3.63) is 65.2 Å². The molecule has 1 fully saturated rings. The van der Waals surface area contributed by atoms with Crippen LogP contribution in [0.1, 0.15) is 76.1 Å². The van der Waals surface area contributed by atoms with Gasteiger partial charge in [0, 0.05) is 20.2 Å². The van der Waals surface area contributed by atoms with Gasteiger partial charge >= 0.3 is 6.03 Å². The van der Waals surface area contributed by atoms with E-state index in [0.29, 0.717) is 25.2 Å². The van der Waals surface area contributed by atoms with Crippen LogP contribution in [0.25, 0.3) is 0 Å². The zero-order chi connectivity index (χ0) is 27.7. The van der Waals surface area contributed by atoms with Crippen molar-refractivity contribution in [3.8, 4) is 5.75 Å². The molecule has 1 saturated heterocycles. The fourth-order valence-corrected chi connectivity index (χ4v) is 5.16. The van der Waals surface area contributed by atoms with Gasteiger partial charge in [-0.25, -0.2) is 9.69 Å². The molecule has 1 aliphatic heterocycles. The number of ether oxygens (including phenoxy) is 2.